The van der Waals surface area contributed by atoms with Crippen molar-refractivity contribution in [2.24, 2.45) is 5.73 Å². The third-order valence-electron chi connectivity index (χ3n) is 2.17. The van der Waals surface area contributed by atoms with Crippen molar-refractivity contribution in [2.45, 2.75) is 45.6 Å². The molecular weight excluding hydrogens is 244 g/mol. The molecule has 0 aliphatic rings. The highest BCUT2D eigenvalue weighted by Crippen LogP contribution is 2.00. The minimum atomic E-state index is -0.346. The van der Waals surface area contributed by atoms with Crippen molar-refractivity contribution in [3.05, 3.63) is 0 Å². The number of hydrogen-bond acceptors (Lipinski definition) is 3. The summed E-state index contributed by atoms with van der Waals surface area (Å²) in [5.41, 5.74) is 5.71. The Morgan fingerprint density at radius 1 is 1.31 bits per heavy atom. The first-order chi connectivity index (χ1) is 7.22. The van der Waals surface area contributed by atoms with Crippen molar-refractivity contribution in [3.63, 3.8) is 0 Å². The van der Waals surface area contributed by atoms with Gasteiger partial charge in [0.2, 0.25) is 5.91 Å². The van der Waals surface area contributed by atoms with Gasteiger partial charge in [0.05, 0.1) is 6.04 Å². The molecule has 0 aliphatic carbocycles. The lowest BCUT2D eigenvalue weighted by molar-refractivity contribution is -0.121. The van der Waals surface area contributed by atoms with Crippen LogP contribution in [0.4, 0.5) is 0 Å². The summed E-state index contributed by atoms with van der Waals surface area (Å²) in [7, 11) is 0. The number of rotatable bonds is 9. The van der Waals surface area contributed by atoms with E-state index in [2.05, 4.69) is 19.2 Å². The first kappa shape index (κ1) is 18.4. The molecule has 0 bridgehead atoms. The molecule has 0 spiro atoms. The fourth-order valence-corrected chi connectivity index (χ4v) is 1.86. The van der Waals surface area contributed by atoms with Gasteiger partial charge in [-0.1, -0.05) is 33.1 Å². The molecule has 1 atom stereocenters. The number of carbonyl (C=O) groups is 1. The summed E-state index contributed by atoms with van der Waals surface area (Å²) < 4.78 is 0. The number of hydrogen-bond donors (Lipinski definition) is 2. The van der Waals surface area contributed by atoms with E-state index >= 15 is 0 Å². The molecule has 0 rings (SSSR count). The van der Waals surface area contributed by atoms with Crippen molar-refractivity contribution in [1.82, 2.24) is 5.32 Å². The summed E-state index contributed by atoms with van der Waals surface area (Å²) >= 11 is 1.71. The topological polar surface area (TPSA) is 55.1 Å². The molecule has 0 aliphatic heterocycles. The van der Waals surface area contributed by atoms with Crippen molar-refractivity contribution < 1.29 is 4.79 Å². The van der Waals surface area contributed by atoms with Gasteiger partial charge in [0.25, 0.3) is 0 Å². The quantitative estimate of drug-likeness (QED) is 0.631. The van der Waals surface area contributed by atoms with Crippen LogP contribution < -0.4 is 11.1 Å². The Morgan fingerprint density at radius 3 is 2.56 bits per heavy atom. The first-order valence-corrected chi connectivity index (χ1v) is 6.98. The lowest BCUT2D eigenvalue weighted by Crippen LogP contribution is -2.42. The molecule has 0 saturated carbocycles. The van der Waals surface area contributed by atoms with Gasteiger partial charge in [-0.05, 0) is 12.2 Å². The van der Waals surface area contributed by atoms with Crippen LogP contribution in [-0.2, 0) is 4.79 Å². The Morgan fingerprint density at radius 2 is 2.00 bits per heavy atom. The van der Waals surface area contributed by atoms with Crippen LogP contribution in [0.1, 0.15) is 39.5 Å². The molecular formula is C11H25ClN2OS. The van der Waals surface area contributed by atoms with Gasteiger partial charge in [0.1, 0.15) is 0 Å². The Labute approximate surface area is 110 Å². The summed E-state index contributed by atoms with van der Waals surface area (Å²) in [5, 5.41) is 2.87. The molecule has 5 heteroatoms. The van der Waals surface area contributed by atoms with Gasteiger partial charge in [-0.15, -0.1) is 12.4 Å². The minimum Gasteiger partial charge on any atom is -0.355 e. The molecule has 3 N–H and O–H groups in total. The molecule has 16 heavy (non-hydrogen) atoms. The molecule has 0 unspecified atom stereocenters. The number of amides is 1. The smallest absolute Gasteiger partial charge is 0.237 e. The summed E-state index contributed by atoms with van der Waals surface area (Å²) in [6.07, 6.45) is 4.72. The number of halogens is 1. The molecule has 3 nitrogen and oxygen atoms in total. The molecule has 0 heterocycles. The summed E-state index contributed by atoms with van der Waals surface area (Å²) in [5.74, 6) is 1.72. The van der Waals surface area contributed by atoms with Crippen LogP contribution in [0.5, 0.6) is 0 Å². The average molecular weight is 269 g/mol. The van der Waals surface area contributed by atoms with E-state index in [1.54, 1.807) is 11.8 Å². The third-order valence-corrected chi connectivity index (χ3v) is 3.17. The van der Waals surface area contributed by atoms with Gasteiger partial charge < -0.3 is 11.1 Å². The standard InChI is InChI=1S/C11H24N2OS.ClH/c1-3-5-6-7-8-13-11(14)10(12)9-15-4-2;/h10H,3-9,12H2,1-2H3,(H,13,14);1H/t10-;/m0./s1. The predicted octanol–water partition coefficient (Wildman–Crippen LogP) is 2.19. The minimum absolute atomic E-state index is 0. The lowest BCUT2D eigenvalue weighted by Gasteiger charge is -2.11. The van der Waals surface area contributed by atoms with E-state index in [0.717, 1.165) is 24.5 Å². The number of carbonyl (C=O) groups excluding carboxylic acids is 1. The molecule has 0 fully saturated rings. The number of unbranched alkanes of at least 4 members (excludes halogenated alkanes) is 3. The average Bonchev–Trinajstić information content (AvgIpc) is 2.25. The molecule has 0 saturated heterocycles. The van der Waals surface area contributed by atoms with E-state index < -0.39 is 0 Å². The predicted molar refractivity (Wildman–Crippen MR) is 75.4 cm³/mol. The number of nitrogens with two attached hydrogens (primary N) is 1. The second-order valence-electron chi connectivity index (χ2n) is 3.62. The van der Waals surface area contributed by atoms with Gasteiger partial charge in [0.15, 0.2) is 0 Å². The second-order valence-corrected chi connectivity index (χ2v) is 4.94. The maximum atomic E-state index is 11.4. The van der Waals surface area contributed by atoms with E-state index in [1.165, 1.54) is 19.3 Å². The summed E-state index contributed by atoms with van der Waals surface area (Å²) in [4.78, 5) is 11.4. The molecule has 0 radical (unpaired) electrons. The van der Waals surface area contributed by atoms with Gasteiger partial charge in [0, 0.05) is 12.3 Å². The molecule has 98 valence electrons. The van der Waals surface area contributed by atoms with Crippen LogP contribution in [0.15, 0.2) is 0 Å². The zero-order chi connectivity index (χ0) is 11.5. The highest BCUT2D eigenvalue weighted by Gasteiger charge is 2.11. The Balaban J connectivity index is 0. The van der Waals surface area contributed by atoms with Gasteiger partial charge >= 0.3 is 0 Å². The summed E-state index contributed by atoms with van der Waals surface area (Å²) in [6.45, 7) is 5.01. The molecule has 0 aromatic rings. The number of thioether (sulfide) groups is 1. The molecule has 1 amide bonds. The highest BCUT2D eigenvalue weighted by molar-refractivity contribution is 7.99. The maximum absolute atomic E-state index is 11.4. The number of nitrogens with one attached hydrogen (secondary N) is 1. The molecule has 0 aromatic carbocycles. The van der Waals surface area contributed by atoms with Crippen molar-refractivity contribution in [3.8, 4) is 0 Å². The van der Waals surface area contributed by atoms with Crippen LogP contribution in [0, 0.1) is 0 Å². The Kier molecular flexibility index (Phi) is 15.1. The van der Waals surface area contributed by atoms with Gasteiger partial charge in [-0.3, -0.25) is 4.79 Å². The van der Waals surface area contributed by atoms with E-state index in [4.69, 9.17) is 5.73 Å². The summed E-state index contributed by atoms with van der Waals surface area (Å²) in [6, 6.07) is -0.346. The maximum Gasteiger partial charge on any atom is 0.237 e. The van der Waals surface area contributed by atoms with E-state index in [9.17, 15) is 4.79 Å². The first-order valence-electron chi connectivity index (χ1n) is 5.83. The van der Waals surface area contributed by atoms with Crippen molar-refractivity contribution in [1.29, 1.82) is 0 Å². The molecule has 0 aromatic heterocycles. The normalized spacial score (nSPS) is 11.7. The second kappa shape index (κ2) is 13.1. The van der Waals surface area contributed by atoms with Crippen LogP contribution in [0.25, 0.3) is 0 Å². The van der Waals surface area contributed by atoms with Gasteiger partial charge in [-0.2, -0.15) is 11.8 Å². The van der Waals surface area contributed by atoms with E-state index in [0.29, 0.717) is 0 Å². The van der Waals surface area contributed by atoms with E-state index in [1.807, 2.05) is 0 Å². The van der Waals surface area contributed by atoms with Gasteiger partial charge in [-0.25, -0.2) is 0 Å². The van der Waals surface area contributed by atoms with E-state index in [-0.39, 0.29) is 24.4 Å². The largest absolute Gasteiger partial charge is 0.355 e. The zero-order valence-electron chi connectivity index (χ0n) is 10.3. The van der Waals surface area contributed by atoms with Crippen molar-refractivity contribution in [2.75, 3.05) is 18.1 Å². The van der Waals surface area contributed by atoms with Crippen LogP contribution in [0.2, 0.25) is 0 Å². The Hall–Kier alpha value is 0.0700. The Bertz CT molecular complexity index is 170. The fraction of sp³-hybridized carbons (Fsp3) is 0.909. The van der Waals surface area contributed by atoms with Crippen molar-refractivity contribution >= 4 is 30.1 Å². The van der Waals surface area contributed by atoms with Crippen LogP contribution in [-0.4, -0.2) is 30.0 Å². The van der Waals surface area contributed by atoms with Crippen LogP contribution >= 0.6 is 24.2 Å². The zero-order valence-corrected chi connectivity index (χ0v) is 12.0. The fourth-order valence-electron chi connectivity index (χ4n) is 1.21. The lowest BCUT2D eigenvalue weighted by atomic mass is 10.2. The van der Waals surface area contributed by atoms with Crippen LogP contribution in [0.3, 0.4) is 0 Å². The SMILES string of the molecule is CCCCCCNC(=O)[C@@H](N)CSCC.Cl. The third kappa shape index (κ3) is 10.6. The highest BCUT2D eigenvalue weighted by atomic mass is 35.5. The monoisotopic (exact) mass is 268 g/mol.